The molecule has 0 saturated carbocycles. The highest BCUT2D eigenvalue weighted by Crippen LogP contribution is 2.20. The van der Waals surface area contributed by atoms with Crippen LogP contribution in [0.4, 0.5) is 17.5 Å². The van der Waals surface area contributed by atoms with Crippen LogP contribution in [-0.4, -0.2) is 21.7 Å². The predicted molar refractivity (Wildman–Crippen MR) is 93.9 cm³/mol. The van der Waals surface area contributed by atoms with E-state index in [0.717, 1.165) is 24.5 Å². The fraction of sp³-hybridized carbons (Fsp3) is 0.389. The first-order valence-corrected chi connectivity index (χ1v) is 8.25. The summed E-state index contributed by atoms with van der Waals surface area (Å²) in [4.78, 5) is 4.47. The van der Waals surface area contributed by atoms with Crippen molar-refractivity contribution in [2.75, 3.05) is 17.2 Å². The smallest absolute Gasteiger partial charge is 0.249 e. The molecular weight excluding hydrogens is 286 g/mol. The maximum absolute atomic E-state index is 4.47. The van der Waals surface area contributed by atoms with Crippen molar-refractivity contribution in [2.45, 2.75) is 39.0 Å². The highest BCUT2D eigenvalue weighted by atomic mass is 15.3. The summed E-state index contributed by atoms with van der Waals surface area (Å²) in [6.45, 7) is 2.94. The van der Waals surface area contributed by atoms with Gasteiger partial charge in [0, 0.05) is 12.2 Å². The molecule has 0 aliphatic heterocycles. The van der Waals surface area contributed by atoms with E-state index in [1.165, 1.54) is 31.2 Å². The third kappa shape index (κ3) is 4.77. The highest BCUT2D eigenvalue weighted by molar-refractivity contribution is 5.55. The van der Waals surface area contributed by atoms with Crippen LogP contribution in [0.15, 0.2) is 42.1 Å². The van der Waals surface area contributed by atoms with Crippen molar-refractivity contribution in [1.29, 1.82) is 0 Å². The number of aromatic nitrogens is 3. The molecule has 1 aliphatic carbocycles. The molecule has 0 atom stereocenters. The van der Waals surface area contributed by atoms with Gasteiger partial charge < -0.3 is 10.6 Å². The molecule has 0 saturated heterocycles. The second-order valence-corrected chi connectivity index (χ2v) is 5.94. The molecule has 5 heteroatoms. The van der Waals surface area contributed by atoms with E-state index in [9.17, 15) is 0 Å². The summed E-state index contributed by atoms with van der Waals surface area (Å²) >= 11 is 0. The summed E-state index contributed by atoms with van der Waals surface area (Å²) in [5.74, 6) is 1.27. The fourth-order valence-corrected chi connectivity index (χ4v) is 2.78. The minimum Gasteiger partial charge on any atom is -0.368 e. The molecule has 0 fully saturated rings. The van der Waals surface area contributed by atoms with Gasteiger partial charge in [0.1, 0.15) is 0 Å². The summed E-state index contributed by atoms with van der Waals surface area (Å²) in [6, 6.07) is 8.11. The molecule has 1 heterocycles. The van der Waals surface area contributed by atoms with Crippen LogP contribution in [0.5, 0.6) is 0 Å². The Bertz CT molecular complexity index is 681. The Kier molecular flexibility index (Phi) is 5.19. The van der Waals surface area contributed by atoms with Gasteiger partial charge in [0.25, 0.3) is 0 Å². The van der Waals surface area contributed by atoms with Gasteiger partial charge in [-0.3, -0.25) is 0 Å². The van der Waals surface area contributed by atoms with Crippen molar-refractivity contribution in [3.8, 4) is 0 Å². The van der Waals surface area contributed by atoms with Crippen molar-refractivity contribution < 1.29 is 0 Å². The van der Waals surface area contributed by atoms with Crippen molar-refractivity contribution in [1.82, 2.24) is 15.2 Å². The number of rotatable bonds is 6. The monoisotopic (exact) mass is 309 g/mol. The lowest BCUT2D eigenvalue weighted by Crippen LogP contribution is -2.08. The van der Waals surface area contributed by atoms with E-state index < -0.39 is 0 Å². The van der Waals surface area contributed by atoms with E-state index >= 15 is 0 Å². The Labute approximate surface area is 137 Å². The predicted octanol–water partition coefficient (Wildman–Crippen LogP) is 4.23. The third-order valence-electron chi connectivity index (χ3n) is 3.97. The van der Waals surface area contributed by atoms with Crippen LogP contribution in [0.2, 0.25) is 0 Å². The first-order chi connectivity index (χ1) is 11.3. The van der Waals surface area contributed by atoms with Crippen LogP contribution in [0, 0.1) is 6.92 Å². The third-order valence-corrected chi connectivity index (χ3v) is 3.97. The number of nitrogens with zero attached hydrogens (tertiary/aromatic N) is 3. The highest BCUT2D eigenvalue weighted by Gasteiger charge is 2.05. The molecule has 0 amide bonds. The Morgan fingerprint density at radius 2 is 2.17 bits per heavy atom. The van der Waals surface area contributed by atoms with Crippen LogP contribution >= 0.6 is 0 Å². The SMILES string of the molecule is Cc1cccc(Nc2nncc(NCCC3=CCCCC3)n2)c1. The Hall–Kier alpha value is -2.43. The molecule has 5 nitrogen and oxygen atoms in total. The average molecular weight is 309 g/mol. The van der Waals surface area contributed by atoms with Gasteiger partial charge in [-0.25, -0.2) is 0 Å². The molecule has 0 spiro atoms. The topological polar surface area (TPSA) is 62.7 Å². The Morgan fingerprint density at radius 1 is 1.22 bits per heavy atom. The van der Waals surface area contributed by atoms with Crippen molar-refractivity contribution in [3.05, 3.63) is 47.7 Å². The molecule has 0 radical (unpaired) electrons. The number of aryl methyl sites for hydroxylation is 1. The number of allylic oxidation sites excluding steroid dienone is 1. The fourth-order valence-electron chi connectivity index (χ4n) is 2.78. The van der Waals surface area contributed by atoms with E-state index in [4.69, 9.17) is 0 Å². The summed E-state index contributed by atoms with van der Waals surface area (Å²) < 4.78 is 0. The van der Waals surface area contributed by atoms with E-state index in [-0.39, 0.29) is 0 Å². The standard InChI is InChI=1S/C18H23N5/c1-14-6-5-9-16(12-14)21-18-22-17(13-20-23-18)19-11-10-15-7-3-2-4-8-15/h5-7,9,12-13H,2-4,8,10-11H2,1H3,(H2,19,21,22,23). The molecule has 3 rings (SSSR count). The van der Waals surface area contributed by atoms with Crippen molar-refractivity contribution in [2.24, 2.45) is 0 Å². The minimum absolute atomic E-state index is 0.512. The zero-order chi connectivity index (χ0) is 15.9. The van der Waals surface area contributed by atoms with Crippen LogP contribution in [0.25, 0.3) is 0 Å². The average Bonchev–Trinajstić information content (AvgIpc) is 2.56. The zero-order valence-corrected chi connectivity index (χ0v) is 13.5. The number of hydrogen-bond acceptors (Lipinski definition) is 5. The molecule has 23 heavy (non-hydrogen) atoms. The van der Waals surface area contributed by atoms with Gasteiger partial charge in [-0.05, 0) is 56.7 Å². The molecular formula is C18H23N5. The van der Waals surface area contributed by atoms with Gasteiger partial charge in [-0.1, -0.05) is 23.8 Å². The van der Waals surface area contributed by atoms with E-state index in [1.807, 2.05) is 12.1 Å². The molecule has 2 aromatic rings. The summed E-state index contributed by atoms with van der Waals surface area (Å²) in [7, 11) is 0. The molecule has 1 aromatic heterocycles. The Balaban J connectivity index is 1.55. The van der Waals surface area contributed by atoms with Gasteiger partial charge in [-0.2, -0.15) is 10.1 Å². The van der Waals surface area contributed by atoms with Crippen molar-refractivity contribution in [3.63, 3.8) is 0 Å². The lowest BCUT2D eigenvalue weighted by atomic mass is 9.97. The van der Waals surface area contributed by atoms with E-state index in [1.54, 1.807) is 11.8 Å². The summed E-state index contributed by atoms with van der Waals surface area (Å²) in [5, 5.41) is 14.6. The maximum Gasteiger partial charge on any atom is 0.249 e. The lowest BCUT2D eigenvalue weighted by molar-refractivity contribution is 0.679. The molecule has 1 aliphatic rings. The van der Waals surface area contributed by atoms with Crippen LogP contribution in [-0.2, 0) is 0 Å². The normalized spacial score (nSPS) is 14.2. The van der Waals surface area contributed by atoms with Crippen LogP contribution < -0.4 is 10.6 Å². The number of anilines is 3. The van der Waals surface area contributed by atoms with Crippen molar-refractivity contribution >= 4 is 17.5 Å². The quantitative estimate of drug-likeness (QED) is 0.782. The molecule has 1 aromatic carbocycles. The minimum atomic E-state index is 0.512. The van der Waals surface area contributed by atoms with E-state index in [0.29, 0.717) is 5.95 Å². The van der Waals surface area contributed by atoms with Gasteiger partial charge in [0.2, 0.25) is 5.95 Å². The number of hydrogen-bond donors (Lipinski definition) is 2. The second kappa shape index (κ2) is 7.72. The van der Waals surface area contributed by atoms with Crippen LogP contribution in [0.1, 0.15) is 37.7 Å². The number of benzene rings is 1. The Morgan fingerprint density at radius 3 is 3.00 bits per heavy atom. The maximum atomic E-state index is 4.47. The molecule has 120 valence electrons. The first kappa shape index (κ1) is 15.5. The first-order valence-electron chi connectivity index (χ1n) is 8.25. The molecule has 0 unspecified atom stereocenters. The molecule has 0 bridgehead atoms. The summed E-state index contributed by atoms with van der Waals surface area (Å²) in [6.07, 6.45) is 10.3. The van der Waals surface area contributed by atoms with Gasteiger partial charge in [0.15, 0.2) is 5.82 Å². The van der Waals surface area contributed by atoms with Crippen LogP contribution in [0.3, 0.4) is 0 Å². The second-order valence-electron chi connectivity index (χ2n) is 5.94. The van der Waals surface area contributed by atoms with Gasteiger partial charge in [-0.15, -0.1) is 5.10 Å². The molecule has 2 N–H and O–H groups in total. The van der Waals surface area contributed by atoms with Gasteiger partial charge >= 0.3 is 0 Å². The largest absolute Gasteiger partial charge is 0.368 e. The van der Waals surface area contributed by atoms with E-state index in [2.05, 4.69) is 50.9 Å². The number of nitrogens with one attached hydrogen (secondary N) is 2. The lowest BCUT2D eigenvalue weighted by Gasteiger charge is -2.13. The zero-order valence-electron chi connectivity index (χ0n) is 13.5. The summed E-state index contributed by atoms with van der Waals surface area (Å²) in [5.41, 5.74) is 3.72. The van der Waals surface area contributed by atoms with Gasteiger partial charge in [0.05, 0.1) is 6.20 Å².